The van der Waals surface area contributed by atoms with Crippen LogP contribution < -0.4 is 0 Å². The van der Waals surface area contributed by atoms with E-state index in [0.29, 0.717) is 17.8 Å². The molecule has 148 valence electrons. The first-order valence-electron chi connectivity index (χ1n) is 9.25. The SMILES string of the molecule is COC(=O)c1ccc(C#CCN2C(=O)CCC2C(O[SiH](C)C)C(C)(C)C)s1. The lowest BCUT2D eigenvalue weighted by Crippen LogP contribution is -2.49. The second-order valence-electron chi connectivity index (χ2n) is 8.06. The van der Waals surface area contributed by atoms with Crippen molar-refractivity contribution in [3.05, 3.63) is 21.9 Å². The predicted molar refractivity (Wildman–Crippen MR) is 110 cm³/mol. The van der Waals surface area contributed by atoms with E-state index in [0.717, 1.165) is 11.3 Å². The van der Waals surface area contributed by atoms with E-state index in [4.69, 9.17) is 9.16 Å². The highest BCUT2D eigenvalue weighted by atomic mass is 32.1. The zero-order chi connectivity index (χ0) is 20.2. The molecule has 1 fully saturated rings. The molecule has 1 aromatic rings. The first-order valence-corrected chi connectivity index (χ1v) is 12.8. The van der Waals surface area contributed by atoms with E-state index in [1.807, 2.05) is 4.90 Å². The van der Waals surface area contributed by atoms with Crippen LogP contribution in [0.15, 0.2) is 12.1 Å². The number of ether oxygens (including phenoxy) is 1. The highest BCUT2D eigenvalue weighted by molar-refractivity contribution is 7.14. The second kappa shape index (κ2) is 9.05. The second-order valence-corrected chi connectivity index (χ2v) is 11.5. The Morgan fingerprint density at radius 2 is 2.11 bits per heavy atom. The van der Waals surface area contributed by atoms with Crippen LogP contribution in [0.5, 0.6) is 0 Å². The molecule has 0 bridgehead atoms. The van der Waals surface area contributed by atoms with Crippen LogP contribution in [-0.4, -0.2) is 51.6 Å². The van der Waals surface area contributed by atoms with Gasteiger partial charge in [-0.3, -0.25) is 4.79 Å². The van der Waals surface area contributed by atoms with Gasteiger partial charge in [0.1, 0.15) is 4.88 Å². The van der Waals surface area contributed by atoms with Gasteiger partial charge in [-0.15, -0.1) is 11.3 Å². The van der Waals surface area contributed by atoms with Crippen LogP contribution in [0.2, 0.25) is 13.1 Å². The van der Waals surface area contributed by atoms with Crippen LogP contribution in [0, 0.1) is 17.3 Å². The molecule has 0 radical (unpaired) electrons. The third-order valence-electron chi connectivity index (χ3n) is 4.45. The van der Waals surface area contributed by atoms with Crippen LogP contribution in [-0.2, 0) is 14.0 Å². The molecule has 0 aromatic carbocycles. The summed E-state index contributed by atoms with van der Waals surface area (Å²) in [5.74, 6) is 5.95. The molecule has 27 heavy (non-hydrogen) atoms. The third kappa shape index (κ3) is 5.68. The Balaban J connectivity index is 2.13. The lowest BCUT2D eigenvalue weighted by molar-refractivity contribution is -0.130. The maximum atomic E-state index is 12.4. The number of nitrogens with zero attached hydrogens (tertiary/aromatic N) is 1. The van der Waals surface area contributed by atoms with Crippen molar-refractivity contribution in [1.82, 2.24) is 4.90 Å². The number of esters is 1. The number of amides is 1. The van der Waals surface area contributed by atoms with Crippen molar-refractivity contribution in [3.8, 4) is 11.8 Å². The number of methoxy groups -OCH3 is 1. The van der Waals surface area contributed by atoms with Gasteiger partial charge in [-0.05, 0) is 37.1 Å². The summed E-state index contributed by atoms with van der Waals surface area (Å²) in [4.78, 5) is 27.1. The van der Waals surface area contributed by atoms with Gasteiger partial charge >= 0.3 is 5.97 Å². The summed E-state index contributed by atoms with van der Waals surface area (Å²) in [5.41, 5.74) is -0.0403. The first kappa shape index (κ1) is 21.7. The Morgan fingerprint density at radius 3 is 2.70 bits per heavy atom. The number of carbonyl (C=O) groups excluding carboxylic acids is 2. The normalized spacial score (nSPS) is 18.4. The fraction of sp³-hybridized carbons (Fsp3) is 0.600. The topological polar surface area (TPSA) is 55.8 Å². The number of hydrogen-bond donors (Lipinski definition) is 0. The van der Waals surface area contributed by atoms with Gasteiger partial charge in [-0.1, -0.05) is 32.6 Å². The maximum absolute atomic E-state index is 12.4. The lowest BCUT2D eigenvalue weighted by atomic mass is 9.84. The summed E-state index contributed by atoms with van der Waals surface area (Å²) in [5, 5.41) is 0. The van der Waals surface area contributed by atoms with Crippen molar-refractivity contribution >= 4 is 32.3 Å². The molecule has 2 atom stereocenters. The summed E-state index contributed by atoms with van der Waals surface area (Å²) in [6, 6.07) is 3.58. The number of hydrogen-bond acceptors (Lipinski definition) is 5. The number of thiophene rings is 1. The zero-order valence-corrected chi connectivity index (χ0v) is 19.0. The van der Waals surface area contributed by atoms with E-state index in [2.05, 4.69) is 45.7 Å². The Labute approximate surface area is 167 Å². The average Bonchev–Trinajstić information content (AvgIpc) is 3.19. The van der Waals surface area contributed by atoms with Crippen molar-refractivity contribution in [1.29, 1.82) is 0 Å². The van der Waals surface area contributed by atoms with Crippen molar-refractivity contribution in [2.45, 2.75) is 58.9 Å². The molecule has 2 heterocycles. The van der Waals surface area contributed by atoms with Gasteiger partial charge in [0, 0.05) is 6.42 Å². The van der Waals surface area contributed by atoms with Crippen molar-refractivity contribution in [3.63, 3.8) is 0 Å². The largest absolute Gasteiger partial charge is 0.465 e. The van der Waals surface area contributed by atoms with E-state index >= 15 is 0 Å². The molecule has 2 rings (SSSR count). The van der Waals surface area contributed by atoms with Gasteiger partial charge in [0.25, 0.3) is 0 Å². The molecule has 1 saturated heterocycles. The van der Waals surface area contributed by atoms with Crippen LogP contribution in [0.25, 0.3) is 0 Å². The van der Waals surface area contributed by atoms with Gasteiger partial charge in [-0.2, -0.15) is 0 Å². The Kier molecular flexibility index (Phi) is 7.26. The van der Waals surface area contributed by atoms with Gasteiger partial charge in [-0.25, -0.2) is 4.79 Å². The minimum Gasteiger partial charge on any atom is -0.465 e. The Hall–Kier alpha value is -1.62. The van der Waals surface area contributed by atoms with E-state index in [1.165, 1.54) is 18.4 Å². The summed E-state index contributed by atoms with van der Waals surface area (Å²) in [6.45, 7) is 11.2. The van der Waals surface area contributed by atoms with Gasteiger partial charge in [0.2, 0.25) is 5.91 Å². The van der Waals surface area contributed by atoms with Crippen LogP contribution in [0.1, 0.15) is 48.2 Å². The predicted octanol–water partition coefficient (Wildman–Crippen LogP) is 3.29. The average molecular weight is 408 g/mol. The molecule has 2 unspecified atom stereocenters. The summed E-state index contributed by atoms with van der Waals surface area (Å²) in [6.07, 6.45) is 1.38. The molecular weight excluding hydrogens is 378 g/mol. The molecule has 1 aromatic heterocycles. The minimum absolute atomic E-state index is 0.0186. The molecule has 5 nitrogen and oxygen atoms in total. The molecular formula is C20H29NO4SSi. The summed E-state index contributed by atoms with van der Waals surface area (Å²) < 4.78 is 11.0. The molecule has 0 spiro atoms. The third-order valence-corrected chi connectivity index (χ3v) is 6.27. The highest BCUT2D eigenvalue weighted by Crippen LogP contribution is 2.33. The van der Waals surface area contributed by atoms with Gasteiger partial charge in [0.05, 0.1) is 30.7 Å². The van der Waals surface area contributed by atoms with E-state index in [9.17, 15) is 9.59 Å². The first-order chi connectivity index (χ1) is 12.6. The number of likely N-dealkylation sites (tertiary alicyclic amines) is 1. The van der Waals surface area contributed by atoms with Crippen molar-refractivity contribution in [2.75, 3.05) is 13.7 Å². The Bertz CT molecular complexity index is 741. The number of rotatable bonds is 5. The molecule has 0 saturated carbocycles. The maximum Gasteiger partial charge on any atom is 0.348 e. The highest BCUT2D eigenvalue weighted by Gasteiger charge is 2.42. The van der Waals surface area contributed by atoms with E-state index < -0.39 is 9.04 Å². The van der Waals surface area contributed by atoms with Gasteiger partial charge < -0.3 is 14.1 Å². The van der Waals surface area contributed by atoms with Crippen LogP contribution in [0.4, 0.5) is 0 Å². The molecule has 1 amide bonds. The molecule has 0 aliphatic carbocycles. The fourth-order valence-corrected chi connectivity index (χ4v) is 5.24. The summed E-state index contributed by atoms with van der Waals surface area (Å²) >= 11 is 1.30. The zero-order valence-electron chi connectivity index (χ0n) is 17.0. The van der Waals surface area contributed by atoms with Gasteiger partial charge in [0.15, 0.2) is 9.04 Å². The van der Waals surface area contributed by atoms with Crippen LogP contribution >= 0.6 is 11.3 Å². The smallest absolute Gasteiger partial charge is 0.348 e. The standard InChI is InChI=1S/C20H29NO4SSi/c1-20(2,3)18(25-27(5)6)15-10-12-17(22)21(15)13-7-8-14-9-11-16(26-14)19(23)24-4/h9,11,15,18,27H,10,12-13H2,1-6H3. The van der Waals surface area contributed by atoms with E-state index in [-0.39, 0.29) is 29.4 Å². The molecule has 1 aliphatic rings. The molecule has 0 N–H and O–H groups in total. The Morgan fingerprint density at radius 1 is 1.41 bits per heavy atom. The summed E-state index contributed by atoms with van der Waals surface area (Å²) in [7, 11) is 0.127. The van der Waals surface area contributed by atoms with Crippen molar-refractivity contribution < 1.29 is 18.8 Å². The fourth-order valence-electron chi connectivity index (χ4n) is 3.27. The van der Waals surface area contributed by atoms with Crippen LogP contribution in [0.3, 0.4) is 0 Å². The van der Waals surface area contributed by atoms with E-state index in [1.54, 1.807) is 12.1 Å². The molecule has 7 heteroatoms. The minimum atomic E-state index is -1.23. The molecule has 1 aliphatic heterocycles. The lowest BCUT2D eigenvalue weighted by Gasteiger charge is -2.40. The van der Waals surface area contributed by atoms with Crippen molar-refractivity contribution in [2.24, 2.45) is 5.41 Å². The quantitative estimate of drug-likeness (QED) is 0.427. The number of carbonyl (C=O) groups is 2. The monoisotopic (exact) mass is 407 g/mol.